The number of benzene rings is 2. The maximum atomic E-state index is 14.2. The van der Waals surface area contributed by atoms with E-state index in [1.54, 1.807) is 7.11 Å². The third-order valence-corrected chi connectivity index (χ3v) is 9.12. The van der Waals surface area contributed by atoms with Crippen LogP contribution in [0.25, 0.3) is 0 Å². The number of nitrogens with zero attached hydrogens (tertiary/aromatic N) is 2. The van der Waals surface area contributed by atoms with E-state index in [0.29, 0.717) is 18.1 Å². The van der Waals surface area contributed by atoms with Crippen molar-refractivity contribution >= 4 is 23.2 Å². The van der Waals surface area contributed by atoms with Gasteiger partial charge in [0.1, 0.15) is 0 Å². The van der Waals surface area contributed by atoms with Gasteiger partial charge in [-0.1, -0.05) is 31.0 Å². The van der Waals surface area contributed by atoms with Crippen molar-refractivity contribution in [2.75, 3.05) is 56.8 Å². The van der Waals surface area contributed by atoms with Crippen LogP contribution in [0.2, 0.25) is 0 Å². The van der Waals surface area contributed by atoms with Gasteiger partial charge in [-0.15, -0.1) is 0 Å². The van der Waals surface area contributed by atoms with Gasteiger partial charge < -0.3 is 29.9 Å². The summed E-state index contributed by atoms with van der Waals surface area (Å²) in [6.07, 6.45) is 4.64. The van der Waals surface area contributed by atoms with Crippen LogP contribution in [0.4, 0.5) is 11.4 Å². The lowest BCUT2D eigenvalue weighted by Crippen LogP contribution is -2.50. The van der Waals surface area contributed by atoms with E-state index in [1.807, 2.05) is 30.3 Å². The SMILES string of the molecule is COC[C@@H]1Nc2ccccc2[C@H]2[C@@H]1CCN2C(=O)[C@H]1CCCC[C@H]1NC(=O)c1ccc(N2CCOCC2)cc1. The summed E-state index contributed by atoms with van der Waals surface area (Å²) in [5.74, 6) is 0.199. The molecule has 6 rings (SSSR count). The molecule has 2 aromatic rings. The molecule has 1 aliphatic carbocycles. The molecule has 0 spiro atoms. The lowest BCUT2D eigenvalue weighted by molar-refractivity contribution is -0.139. The Hall–Kier alpha value is -3.10. The van der Waals surface area contributed by atoms with Gasteiger partial charge in [-0.25, -0.2) is 0 Å². The van der Waals surface area contributed by atoms with Crippen molar-refractivity contribution in [2.24, 2.45) is 11.8 Å². The quantitative estimate of drug-likeness (QED) is 0.588. The Labute approximate surface area is 231 Å². The molecule has 4 aliphatic rings. The Morgan fingerprint density at radius 3 is 2.56 bits per heavy atom. The van der Waals surface area contributed by atoms with Crippen LogP contribution in [0, 0.1) is 11.8 Å². The predicted octanol–water partition coefficient (Wildman–Crippen LogP) is 3.84. The number of hydrogen-bond donors (Lipinski definition) is 2. The van der Waals surface area contributed by atoms with Gasteiger partial charge in [0.2, 0.25) is 5.91 Å². The number of rotatable bonds is 6. The number of likely N-dealkylation sites (tertiary alicyclic amines) is 1. The molecule has 3 aliphatic heterocycles. The summed E-state index contributed by atoms with van der Waals surface area (Å²) < 4.78 is 11.0. The van der Waals surface area contributed by atoms with E-state index in [4.69, 9.17) is 9.47 Å². The first-order chi connectivity index (χ1) is 19.1. The Morgan fingerprint density at radius 2 is 1.77 bits per heavy atom. The smallest absolute Gasteiger partial charge is 0.251 e. The highest BCUT2D eigenvalue weighted by Crippen LogP contribution is 2.47. The second kappa shape index (κ2) is 11.6. The van der Waals surface area contributed by atoms with Crippen molar-refractivity contribution in [3.63, 3.8) is 0 Å². The molecular weight excluding hydrogens is 492 g/mol. The minimum Gasteiger partial charge on any atom is -0.383 e. The molecule has 8 nitrogen and oxygen atoms in total. The number of nitrogens with one attached hydrogen (secondary N) is 2. The summed E-state index contributed by atoms with van der Waals surface area (Å²) in [6.45, 7) is 4.54. The number of methoxy groups -OCH3 is 1. The minimum atomic E-state index is -0.197. The Kier molecular flexibility index (Phi) is 7.75. The molecule has 0 bridgehead atoms. The molecule has 2 amide bonds. The number of fused-ring (bicyclic) bond motifs is 3. The summed E-state index contributed by atoms with van der Waals surface area (Å²) >= 11 is 0. The summed E-state index contributed by atoms with van der Waals surface area (Å²) in [5.41, 5.74) is 4.03. The average molecular weight is 533 g/mol. The minimum absolute atomic E-state index is 0.0427. The van der Waals surface area contributed by atoms with Crippen LogP contribution in [-0.2, 0) is 14.3 Å². The number of ether oxygens (including phenoxy) is 2. The third-order valence-electron chi connectivity index (χ3n) is 9.12. The molecule has 0 aromatic heterocycles. The van der Waals surface area contributed by atoms with Gasteiger partial charge in [-0.3, -0.25) is 9.59 Å². The van der Waals surface area contributed by atoms with Crippen LogP contribution < -0.4 is 15.5 Å². The number of anilines is 2. The van der Waals surface area contributed by atoms with Gasteiger partial charge in [0, 0.05) is 55.6 Å². The summed E-state index contributed by atoms with van der Waals surface area (Å²) in [6, 6.07) is 16.2. The fourth-order valence-corrected chi connectivity index (χ4v) is 7.13. The number of carbonyl (C=O) groups is 2. The molecule has 2 saturated heterocycles. The second-order valence-electron chi connectivity index (χ2n) is 11.3. The largest absolute Gasteiger partial charge is 0.383 e. The van der Waals surface area contributed by atoms with Gasteiger partial charge in [0.25, 0.3) is 5.91 Å². The van der Waals surface area contributed by atoms with E-state index < -0.39 is 0 Å². The predicted molar refractivity (Wildman–Crippen MR) is 151 cm³/mol. The topological polar surface area (TPSA) is 83.1 Å². The zero-order valence-corrected chi connectivity index (χ0v) is 22.8. The normalized spacial score (nSPS) is 28.3. The average Bonchev–Trinajstić information content (AvgIpc) is 3.44. The number of carbonyl (C=O) groups excluding carboxylic acids is 2. The fourth-order valence-electron chi connectivity index (χ4n) is 7.13. The molecule has 0 radical (unpaired) electrons. The van der Waals surface area contributed by atoms with Gasteiger partial charge in [0.15, 0.2) is 0 Å². The lowest BCUT2D eigenvalue weighted by Gasteiger charge is -2.41. The fraction of sp³-hybridized carbons (Fsp3) is 0.548. The molecule has 8 heteroatoms. The summed E-state index contributed by atoms with van der Waals surface area (Å²) in [5, 5.41) is 6.91. The highest BCUT2D eigenvalue weighted by atomic mass is 16.5. The van der Waals surface area contributed by atoms with Gasteiger partial charge >= 0.3 is 0 Å². The zero-order valence-electron chi connectivity index (χ0n) is 22.8. The van der Waals surface area contributed by atoms with E-state index in [-0.39, 0.29) is 35.9 Å². The van der Waals surface area contributed by atoms with E-state index in [0.717, 1.165) is 76.3 Å². The number of para-hydroxylation sites is 1. The van der Waals surface area contributed by atoms with Gasteiger partial charge in [0.05, 0.1) is 37.8 Å². The van der Waals surface area contributed by atoms with Crippen molar-refractivity contribution < 1.29 is 19.1 Å². The van der Waals surface area contributed by atoms with Gasteiger partial charge in [-0.2, -0.15) is 0 Å². The zero-order chi connectivity index (χ0) is 26.8. The van der Waals surface area contributed by atoms with Crippen LogP contribution in [-0.4, -0.2) is 75.4 Å². The van der Waals surface area contributed by atoms with Gasteiger partial charge in [-0.05, 0) is 55.2 Å². The molecule has 3 heterocycles. The van der Waals surface area contributed by atoms with Crippen LogP contribution in [0.5, 0.6) is 0 Å². The van der Waals surface area contributed by atoms with Crippen molar-refractivity contribution in [1.82, 2.24) is 10.2 Å². The Bertz CT molecular complexity index is 1170. The van der Waals surface area contributed by atoms with E-state index in [1.165, 1.54) is 5.56 Å². The molecule has 0 unspecified atom stereocenters. The lowest BCUT2D eigenvalue weighted by atomic mass is 9.81. The molecule has 5 atom stereocenters. The third kappa shape index (κ3) is 5.24. The van der Waals surface area contributed by atoms with Crippen LogP contribution in [0.1, 0.15) is 54.1 Å². The molecule has 208 valence electrons. The highest BCUT2D eigenvalue weighted by molar-refractivity contribution is 5.95. The maximum absolute atomic E-state index is 14.2. The molecule has 3 fully saturated rings. The molecular formula is C31H40N4O4. The first-order valence-electron chi connectivity index (χ1n) is 14.5. The van der Waals surface area contributed by atoms with E-state index >= 15 is 0 Å². The van der Waals surface area contributed by atoms with Crippen molar-refractivity contribution in [1.29, 1.82) is 0 Å². The number of morpholine rings is 1. The van der Waals surface area contributed by atoms with Crippen LogP contribution in [0.3, 0.4) is 0 Å². The number of amides is 2. The van der Waals surface area contributed by atoms with Crippen molar-refractivity contribution in [3.05, 3.63) is 59.7 Å². The summed E-state index contributed by atoms with van der Waals surface area (Å²) in [4.78, 5) is 31.9. The highest BCUT2D eigenvalue weighted by Gasteiger charge is 2.48. The van der Waals surface area contributed by atoms with Crippen LogP contribution >= 0.6 is 0 Å². The maximum Gasteiger partial charge on any atom is 0.251 e. The first-order valence-corrected chi connectivity index (χ1v) is 14.5. The van der Waals surface area contributed by atoms with Crippen molar-refractivity contribution in [3.8, 4) is 0 Å². The monoisotopic (exact) mass is 532 g/mol. The van der Waals surface area contributed by atoms with Crippen molar-refractivity contribution in [2.45, 2.75) is 50.2 Å². The number of hydrogen-bond acceptors (Lipinski definition) is 6. The Morgan fingerprint density at radius 1 is 1.00 bits per heavy atom. The molecule has 2 aromatic carbocycles. The van der Waals surface area contributed by atoms with E-state index in [9.17, 15) is 9.59 Å². The Balaban J connectivity index is 1.17. The molecule has 39 heavy (non-hydrogen) atoms. The van der Waals surface area contributed by atoms with E-state index in [2.05, 4.69) is 38.6 Å². The molecule has 1 saturated carbocycles. The summed E-state index contributed by atoms with van der Waals surface area (Å²) in [7, 11) is 1.74. The molecule has 2 N–H and O–H groups in total. The first kappa shape index (κ1) is 26.1. The van der Waals surface area contributed by atoms with Crippen LogP contribution in [0.15, 0.2) is 48.5 Å². The second-order valence-corrected chi connectivity index (χ2v) is 11.3. The standard InChI is InChI=1S/C31H40N4O4/c1-38-20-28-24-14-15-35(29(24)23-6-2-4-8-26(23)32-28)31(37)25-7-3-5-9-27(25)33-30(36)21-10-12-22(13-11-21)34-16-18-39-19-17-34/h2,4,6,8,10-13,24-25,27-29,32H,3,5,7,9,14-20H2,1H3,(H,33,36)/t24-,25+,27-,28+,29+/m1/s1.